The molecule has 0 saturated carbocycles. The van der Waals surface area contributed by atoms with Crippen molar-refractivity contribution >= 4 is 47.1 Å². The molecule has 166 valence electrons. The number of β-lactam (4-membered cyclic amide) rings is 1. The fourth-order valence-corrected chi connectivity index (χ4v) is 5.31. The van der Waals surface area contributed by atoms with E-state index in [-0.39, 0.29) is 29.7 Å². The van der Waals surface area contributed by atoms with Gasteiger partial charge in [0.05, 0.1) is 6.42 Å². The van der Waals surface area contributed by atoms with Crippen LogP contribution >= 0.6 is 23.4 Å². The summed E-state index contributed by atoms with van der Waals surface area (Å²) in [5.74, 6) is -2.55. The Morgan fingerprint density at radius 3 is 2.65 bits per heavy atom. The van der Waals surface area contributed by atoms with Crippen LogP contribution in [0.1, 0.15) is 26.3 Å². The Hall–Kier alpha value is -2.52. The number of carboxylic acid groups (broad SMARTS) is 1. The third-order valence-corrected chi connectivity index (χ3v) is 6.55. The van der Waals surface area contributed by atoms with E-state index in [0.717, 1.165) is 0 Å². The van der Waals surface area contributed by atoms with Crippen molar-refractivity contribution in [3.8, 4) is 0 Å². The Balaban J connectivity index is 1.78. The van der Waals surface area contributed by atoms with E-state index in [0.29, 0.717) is 16.2 Å². The number of carboxylic acids is 1. The second-order valence-electron chi connectivity index (χ2n) is 7.71. The Bertz CT molecular complexity index is 963. The number of amides is 2. The molecule has 0 radical (unpaired) electrons. The maximum atomic E-state index is 12.8. The van der Waals surface area contributed by atoms with Crippen LogP contribution in [0, 0.1) is 5.92 Å². The molecule has 1 saturated heterocycles. The maximum Gasteiger partial charge on any atom is 0.352 e. The zero-order valence-electron chi connectivity index (χ0n) is 17.3. The number of aliphatic carboxylic acids is 1. The van der Waals surface area contributed by atoms with Gasteiger partial charge < -0.3 is 15.2 Å². The summed E-state index contributed by atoms with van der Waals surface area (Å²) in [6.45, 7) is 4.89. The molecule has 1 aromatic carbocycles. The molecule has 2 amide bonds. The quantitative estimate of drug-likeness (QED) is 0.468. The van der Waals surface area contributed by atoms with E-state index >= 15 is 0 Å². The predicted octanol–water partition coefficient (Wildman–Crippen LogP) is 2.21. The normalized spacial score (nSPS) is 21.3. The van der Waals surface area contributed by atoms with Gasteiger partial charge in [-0.1, -0.05) is 37.6 Å². The minimum atomic E-state index is -1.27. The summed E-state index contributed by atoms with van der Waals surface area (Å²) in [6, 6.07) is 6.04. The Labute approximate surface area is 188 Å². The topological polar surface area (TPSA) is 113 Å². The second kappa shape index (κ2) is 9.32. The molecular weight excluding hydrogens is 444 g/mol. The Morgan fingerprint density at radius 2 is 2.06 bits per heavy atom. The minimum Gasteiger partial charge on any atom is -0.477 e. The number of hydrogen-bond acceptors (Lipinski definition) is 6. The van der Waals surface area contributed by atoms with E-state index in [1.165, 1.54) is 23.6 Å². The summed E-state index contributed by atoms with van der Waals surface area (Å²) in [7, 11) is 0. The second-order valence-corrected chi connectivity index (χ2v) is 9.26. The van der Waals surface area contributed by atoms with Gasteiger partial charge in [0.2, 0.25) is 5.91 Å². The first-order valence-corrected chi connectivity index (χ1v) is 11.1. The van der Waals surface area contributed by atoms with Crippen LogP contribution in [0.25, 0.3) is 0 Å². The third-order valence-electron chi connectivity index (χ3n) is 5.01. The first-order chi connectivity index (χ1) is 14.6. The van der Waals surface area contributed by atoms with Crippen LogP contribution in [-0.2, 0) is 30.3 Å². The van der Waals surface area contributed by atoms with Crippen molar-refractivity contribution < 1.29 is 29.0 Å². The van der Waals surface area contributed by atoms with Crippen molar-refractivity contribution in [3.05, 3.63) is 46.1 Å². The molecule has 2 N–H and O–H groups in total. The number of esters is 1. The summed E-state index contributed by atoms with van der Waals surface area (Å²) in [5.41, 5.74) is 0.921. The summed E-state index contributed by atoms with van der Waals surface area (Å²) in [4.78, 5) is 49.9. The number of benzene rings is 1. The smallest absolute Gasteiger partial charge is 0.352 e. The molecule has 0 aromatic heterocycles. The molecule has 2 aliphatic heterocycles. The van der Waals surface area contributed by atoms with Gasteiger partial charge in [-0.2, -0.15) is 0 Å². The zero-order valence-corrected chi connectivity index (χ0v) is 18.8. The van der Waals surface area contributed by atoms with Crippen LogP contribution in [-0.4, -0.2) is 57.0 Å². The predicted molar refractivity (Wildman–Crippen MR) is 115 cm³/mol. The highest BCUT2D eigenvalue weighted by Gasteiger charge is 2.55. The van der Waals surface area contributed by atoms with Crippen molar-refractivity contribution in [2.24, 2.45) is 5.92 Å². The van der Waals surface area contributed by atoms with Gasteiger partial charge in [-0.05, 0) is 23.6 Å². The average Bonchev–Trinajstić information content (AvgIpc) is 2.68. The summed E-state index contributed by atoms with van der Waals surface area (Å²) in [6.07, 6.45) is -0.697. The fourth-order valence-electron chi connectivity index (χ4n) is 3.71. The molecular formula is C21H23ClN2O6S. The van der Waals surface area contributed by atoms with Gasteiger partial charge >= 0.3 is 11.9 Å². The SMILES string of the molecule is CC(=O)OC(C1=C(C(=O)O)N2C(=O)C(NC(=O)Cc3cccc(Cl)c3)[C@H]2SC1)C(C)C. The van der Waals surface area contributed by atoms with E-state index in [2.05, 4.69) is 5.32 Å². The average molecular weight is 467 g/mol. The van der Waals surface area contributed by atoms with Crippen molar-refractivity contribution in [1.82, 2.24) is 10.2 Å². The molecule has 3 atom stereocenters. The standard InChI is InChI=1S/C21H23ClN2O6S/c1-10(2)18(30-11(3)25)14-9-31-20-16(19(27)24(20)17(14)21(28)29)23-15(26)8-12-5-4-6-13(22)7-12/h4-7,10,16,18,20H,8-9H2,1-3H3,(H,23,26)(H,28,29)/t16?,18?,20-/m1/s1. The molecule has 2 heterocycles. The number of thioether (sulfide) groups is 1. The van der Waals surface area contributed by atoms with Crippen molar-refractivity contribution in [1.29, 1.82) is 0 Å². The summed E-state index contributed by atoms with van der Waals surface area (Å²) < 4.78 is 5.35. The molecule has 2 unspecified atom stereocenters. The van der Waals surface area contributed by atoms with Gasteiger partial charge in [-0.3, -0.25) is 19.3 Å². The molecule has 10 heteroatoms. The lowest BCUT2D eigenvalue weighted by atomic mass is 9.94. The zero-order chi connectivity index (χ0) is 22.9. The minimum absolute atomic E-state index is 0.0521. The number of ether oxygens (including phenoxy) is 1. The highest BCUT2D eigenvalue weighted by molar-refractivity contribution is 8.00. The molecule has 2 aliphatic rings. The van der Waals surface area contributed by atoms with E-state index in [1.54, 1.807) is 24.3 Å². The number of hydrogen-bond donors (Lipinski definition) is 2. The highest BCUT2D eigenvalue weighted by Crippen LogP contribution is 2.42. The van der Waals surface area contributed by atoms with Gasteiger partial charge in [0.15, 0.2) is 0 Å². The lowest BCUT2D eigenvalue weighted by Gasteiger charge is -2.50. The van der Waals surface area contributed by atoms with E-state index in [1.807, 2.05) is 13.8 Å². The van der Waals surface area contributed by atoms with Crippen LogP contribution in [0.15, 0.2) is 35.5 Å². The number of carbonyl (C=O) groups is 4. The van der Waals surface area contributed by atoms with Gasteiger partial charge in [-0.25, -0.2) is 4.79 Å². The molecule has 3 rings (SSSR count). The van der Waals surface area contributed by atoms with Crippen LogP contribution in [0.3, 0.4) is 0 Å². The molecule has 31 heavy (non-hydrogen) atoms. The summed E-state index contributed by atoms with van der Waals surface area (Å²) >= 11 is 7.27. The number of nitrogens with one attached hydrogen (secondary N) is 1. The van der Waals surface area contributed by atoms with Crippen LogP contribution in [0.4, 0.5) is 0 Å². The Morgan fingerprint density at radius 1 is 1.35 bits per heavy atom. The monoisotopic (exact) mass is 466 g/mol. The highest BCUT2D eigenvalue weighted by atomic mass is 35.5. The molecule has 1 fully saturated rings. The molecule has 0 bridgehead atoms. The summed E-state index contributed by atoms with van der Waals surface area (Å²) in [5, 5.41) is 12.5. The largest absolute Gasteiger partial charge is 0.477 e. The number of fused-ring (bicyclic) bond motifs is 1. The molecule has 0 aliphatic carbocycles. The van der Waals surface area contributed by atoms with Crippen LogP contribution in [0.2, 0.25) is 5.02 Å². The fraction of sp³-hybridized carbons (Fsp3) is 0.429. The molecule has 0 spiro atoms. The van der Waals surface area contributed by atoms with E-state index < -0.39 is 35.4 Å². The Kier molecular flexibility index (Phi) is 6.96. The first-order valence-electron chi connectivity index (χ1n) is 9.72. The lowest BCUT2D eigenvalue weighted by Crippen LogP contribution is -2.71. The van der Waals surface area contributed by atoms with Gasteiger partial charge in [-0.15, -0.1) is 11.8 Å². The molecule has 8 nitrogen and oxygen atoms in total. The number of rotatable bonds is 7. The first kappa shape index (κ1) is 23.1. The van der Waals surface area contributed by atoms with Gasteiger partial charge in [0, 0.05) is 23.3 Å². The van der Waals surface area contributed by atoms with E-state index in [4.69, 9.17) is 16.3 Å². The van der Waals surface area contributed by atoms with Crippen molar-refractivity contribution in [3.63, 3.8) is 0 Å². The molecule has 1 aromatic rings. The van der Waals surface area contributed by atoms with Crippen molar-refractivity contribution in [2.45, 2.75) is 44.7 Å². The maximum absolute atomic E-state index is 12.8. The third kappa shape index (κ3) is 4.88. The number of nitrogens with zero attached hydrogens (tertiary/aromatic N) is 1. The van der Waals surface area contributed by atoms with E-state index in [9.17, 15) is 24.3 Å². The van der Waals surface area contributed by atoms with Crippen LogP contribution < -0.4 is 5.32 Å². The van der Waals surface area contributed by atoms with Gasteiger partial charge in [0.25, 0.3) is 5.91 Å². The van der Waals surface area contributed by atoms with Gasteiger partial charge in [0.1, 0.15) is 23.2 Å². The lowest BCUT2D eigenvalue weighted by molar-refractivity contribution is -0.151. The van der Waals surface area contributed by atoms with Crippen molar-refractivity contribution in [2.75, 3.05) is 5.75 Å². The van der Waals surface area contributed by atoms with Crippen LogP contribution in [0.5, 0.6) is 0 Å². The number of halogens is 1. The number of carbonyl (C=O) groups excluding carboxylic acids is 3.